The van der Waals surface area contributed by atoms with E-state index in [4.69, 9.17) is 14.6 Å². The van der Waals surface area contributed by atoms with E-state index >= 15 is 0 Å². The van der Waals surface area contributed by atoms with Crippen LogP contribution in [-0.2, 0) is 9.53 Å². The van der Waals surface area contributed by atoms with Gasteiger partial charge >= 0.3 is 5.97 Å². The highest BCUT2D eigenvalue weighted by Gasteiger charge is 2.03. The van der Waals surface area contributed by atoms with Crippen molar-refractivity contribution in [3.8, 4) is 11.5 Å². The molecule has 16 heavy (non-hydrogen) atoms. The van der Waals surface area contributed by atoms with Crippen LogP contribution in [-0.4, -0.2) is 24.3 Å². The van der Waals surface area contributed by atoms with Gasteiger partial charge in [-0.15, -0.1) is 0 Å². The summed E-state index contributed by atoms with van der Waals surface area (Å²) in [5.74, 6) is 0.168. The molecule has 4 nitrogen and oxygen atoms in total. The van der Waals surface area contributed by atoms with Crippen LogP contribution in [0.3, 0.4) is 0 Å². The number of aromatic hydroxyl groups is 1. The maximum atomic E-state index is 11.2. The van der Waals surface area contributed by atoms with Crippen LogP contribution in [0.2, 0.25) is 0 Å². The van der Waals surface area contributed by atoms with E-state index < -0.39 is 5.97 Å². The highest BCUT2D eigenvalue weighted by Crippen LogP contribution is 2.17. The molecule has 0 bridgehead atoms. The number of carbonyl (C=O) groups is 1. The summed E-state index contributed by atoms with van der Waals surface area (Å²) in [6.07, 6.45) is 1.85. The van der Waals surface area contributed by atoms with E-state index in [0.717, 1.165) is 12.8 Å². The zero-order chi connectivity index (χ0) is 11.8. The molecule has 1 N–H and O–H groups in total. The molecule has 0 aliphatic carbocycles. The number of phenols is 1. The van der Waals surface area contributed by atoms with Crippen LogP contribution < -0.4 is 4.74 Å². The van der Waals surface area contributed by atoms with Gasteiger partial charge in [-0.1, -0.05) is 19.4 Å². The van der Waals surface area contributed by atoms with Gasteiger partial charge in [0, 0.05) is 6.07 Å². The van der Waals surface area contributed by atoms with Gasteiger partial charge in [-0.05, 0) is 18.6 Å². The number of ether oxygens (including phenoxy) is 2. The Kier molecular flexibility index (Phi) is 5.19. The lowest BCUT2D eigenvalue weighted by atomic mass is 10.3. The van der Waals surface area contributed by atoms with Gasteiger partial charge in [0.1, 0.15) is 11.5 Å². The Bertz CT molecular complexity index is 336. The van der Waals surface area contributed by atoms with Crippen molar-refractivity contribution in [3.05, 3.63) is 24.3 Å². The summed E-state index contributed by atoms with van der Waals surface area (Å²) in [4.78, 5) is 11.2. The van der Waals surface area contributed by atoms with Gasteiger partial charge in [-0.25, -0.2) is 4.79 Å². The largest absolute Gasteiger partial charge is 0.508 e. The Labute approximate surface area is 94.8 Å². The summed E-state index contributed by atoms with van der Waals surface area (Å²) in [6.45, 7) is 2.32. The molecular formula is C12H16O4. The van der Waals surface area contributed by atoms with Gasteiger partial charge < -0.3 is 14.6 Å². The van der Waals surface area contributed by atoms with Gasteiger partial charge in [0.2, 0.25) is 0 Å². The van der Waals surface area contributed by atoms with E-state index in [2.05, 4.69) is 0 Å². The minimum atomic E-state index is -0.392. The molecule has 0 saturated heterocycles. The number of phenolic OH excluding ortho intramolecular Hbond substituents is 1. The predicted octanol–water partition coefficient (Wildman–Crippen LogP) is 2.11. The summed E-state index contributed by atoms with van der Waals surface area (Å²) in [6, 6.07) is 6.29. The van der Waals surface area contributed by atoms with E-state index in [1.165, 1.54) is 12.1 Å². The van der Waals surface area contributed by atoms with Crippen molar-refractivity contribution < 1.29 is 19.4 Å². The van der Waals surface area contributed by atoms with Crippen LogP contribution in [0.5, 0.6) is 11.5 Å². The number of rotatable bonds is 6. The molecule has 0 heterocycles. The van der Waals surface area contributed by atoms with Crippen LogP contribution in [0.15, 0.2) is 24.3 Å². The molecule has 88 valence electrons. The molecule has 0 unspecified atom stereocenters. The average Bonchev–Trinajstić information content (AvgIpc) is 2.27. The van der Waals surface area contributed by atoms with Crippen molar-refractivity contribution in [2.45, 2.75) is 19.8 Å². The Morgan fingerprint density at radius 1 is 1.44 bits per heavy atom. The summed E-state index contributed by atoms with van der Waals surface area (Å²) in [5.41, 5.74) is 0. The Balaban J connectivity index is 2.26. The van der Waals surface area contributed by atoms with E-state index in [-0.39, 0.29) is 12.4 Å². The van der Waals surface area contributed by atoms with Crippen molar-refractivity contribution in [3.63, 3.8) is 0 Å². The molecule has 0 aromatic heterocycles. The molecule has 1 aromatic carbocycles. The third-order valence-electron chi connectivity index (χ3n) is 1.94. The molecule has 0 atom stereocenters. The van der Waals surface area contributed by atoms with E-state index in [9.17, 15) is 4.79 Å². The average molecular weight is 224 g/mol. The molecule has 0 saturated carbocycles. The lowest BCUT2D eigenvalue weighted by Gasteiger charge is -2.06. The summed E-state index contributed by atoms with van der Waals surface area (Å²) in [5, 5.41) is 9.16. The summed E-state index contributed by atoms with van der Waals surface area (Å²) >= 11 is 0. The van der Waals surface area contributed by atoms with Gasteiger partial charge in [0.05, 0.1) is 6.61 Å². The van der Waals surface area contributed by atoms with E-state index in [0.29, 0.717) is 12.4 Å². The zero-order valence-electron chi connectivity index (χ0n) is 9.31. The summed E-state index contributed by atoms with van der Waals surface area (Å²) in [7, 11) is 0. The fourth-order valence-corrected chi connectivity index (χ4v) is 1.09. The Hall–Kier alpha value is -1.71. The molecule has 1 aromatic rings. The fraction of sp³-hybridized carbons (Fsp3) is 0.417. The molecule has 4 heteroatoms. The minimum absolute atomic E-state index is 0.108. The van der Waals surface area contributed by atoms with Crippen molar-refractivity contribution in [1.29, 1.82) is 0 Å². The Morgan fingerprint density at radius 3 is 2.94 bits per heavy atom. The SMILES string of the molecule is CCCCOC(=O)COc1cccc(O)c1. The van der Waals surface area contributed by atoms with Crippen molar-refractivity contribution in [2.24, 2.45) is 0 Å². The van der Waals surface area contributed by atoms with Crippen LogP contribution in [0.1, 0.15) is 19.8 Å². The van der Waals surface area contributed by atoms with Crippen LogP contribution in [0, 0.1) is 0 Å². The minimum Gasteiger partial charge on any atom is -0.508 e. The smallest absolute Gasteiger partial charge is 0.344 e. The van der Waals surface area contributed by atoms with Crippen LogP contribution in [0.4, 0.5) is 0 Å². The molecule has 0 aliphatic heterocycles. The first-order valence-corrected chi connectivity index (χ1v) is 5.30. The normalized spacial score (nSPS) is 9.81. The van der Waals surface area contributed by atoms with E-state index in [1.807, 2.05) is 6.92 Å². The molecule has 1 rings (SSSR count). The van der Waals surface area contributed by atoms with Gasteiger partial charge in [-0.2, -0.15) is 0 Å². The highest BCUT2D eigenvalue weighted by molar-refractivity contribution is 5.71. The number of hydrogen-bond donors (Lipinski definition) is 1. The number of benzene rings is 1. The van der Waals surface area contributed by atoms with E-state index in [1.54, 1.807) is 12.1 Å². The lowest BCUT2D eigenvalue weighted by Crippen LogP contribution is -2.15. The molecule has 0 amide bonds. The molecule has 0 aliphatic rings. The van der Waals surface area contributed by atoms with Crippen molar-refractivity contribution in [1.82, 2.24) is 0 Å². The molecule has 0 fully saturated rings. The number of unbranched alkanes of at least 4 members (excludes halogenated alkanes) is 1. The number of hydrogen-bond acceptors (Lipinski definition) is 4. The topological polar surface area (TPSA) is 55.8 Å². The third kappa shape index (κ3) is 4.68. The first-order chi connectivity index (χ1) is 7.72. The predicted molar refractivity (Wildman–Crippen MR) is 59.5 cm³/mol. The molecule has 0 spiro atoms. The van der Waals surface area contributed by atoms with Crippen LogP contribution in [0.25, 0.3) is 0 Å². The third-order valence-corrected chi connectivity index (χ3v) is 1.94. The maximum Gasteiger partial charge on any atom is 0.344 e. The zero-order valence-corrected chi connectivity index (χ0v) is 9.31. The van der Waals surface area contributed by atoms with Crippen molar-refractivity contribution >= 4 is 5.97 Å². The number of esters is 1. The second-order valence-corrected chi connectivity index (χ2v) is 3.36. The highest BCUT2D eigenvalue weighted by atomic mass is 16.6. The monoisotopic (exact) mass is 224 g/mol. The second-order valence-electron chi connectivity index (χ2n) is 3.36. The lowest BCUT2D eigenvalue weighted by molar-refractivity contribution is -0.146. The maximum absolute atomic E-state index is 11.2. The second kappa shape index (κ2) is 6.71. The number of carbonyl (C=O) groups excluding carboxylic acids is 1. The van der Waals surface area contributed by atoms with Crippen molar-refractivity contribution in [2.75, 3.05) is 13.2 Å². The van der Waals surface area contributed by atoms with Crippen LogP contribution >= 0.6 is 0 Å². The first-order valence-electron chi connectivity index (χ1n) is 5.30. The van der Waals surface area contributed by atoms with Gasteiger partial charge in [0.15, 0.2) is 6.61 Å². The molecular weight excluding hydrogens is 208 g/mol. The summed E-state index contributed by atoms with van der Waals surface area (Å²) < 4.78 is 10.1. The quantitative estimate of drug-likeness (QED) is 0.594. The first kappa shape index (κ1) is 12.4. The fourth-order valence-electron chi connectivity index (χ4n) is 1.09. The standard InChI is InChI=1S/C12H16O4/c1-2-3-7-15-12(14)9-16-11-6-4-5-10(13)8-11/h4-6,8,13H,2-3,7,9H2,1H3. The Morgan fingerprint density at radius 2 is 2.25 bits per heavy atom. The van der Waals surface area contributed by atoms with Gasteiger partial charge in [0.25, 0.3) is 0 Å². The molecule has 0 radical (unpaired) electrons. The van der Waals surface area contributed by atoms with Gasteiger partial charge in [-0.3, -0.25) is 0 Å².